The minimum absolute atomic E-state index is 0.0564. The molecule has 78 valence electrons. The number of hydrogen-bond acceptors (Lipinski definition) is 3. The third-order valence-corrected chi connectivity index (χ3v) is 2.71. The Bertz CT molecular complexity index is 307. The molecule has 14 heavy (non-hydrogen) atoms. The topological polar surface area (TPSA) is 42.2 Å². The molecule has 0 aromatic carbocycles. The highest BCUT2D eigenvalue weighted by Crippen LogP contribution is 2.21. The number of nitrogens with zero attached hydrogens (tertiary/aromatic N) is 2. The van der Waals surface area contributed by atoms with Gasteiger partial charge < -0.3 is 10.6 Å². The highest BCUT2D eigenvalue weighted by atomic mass is 15.2. The van der Waals surface area contributed by atoms with Gasteiger partial charge in [-0.3, -0.25) is 0 Å². The normalized spacial score (nSPS) is 11.5. The van der Waals surface area contributed by atoms with Gasteiger partial charge in [-0.25, -0.2) is 4.98 Å². The fraction of sp³-hybridized carbons (Fsp3) is 0.545. The molecule has 3 heteroatoms. The van der Waals surface area contributed by atoms with Crippen LogP contribution in [0.2, 0.25) is 0 Å². The second-order valence-electron chi connectivity index (χ2n) is 4.22. The average Bonchev–Trinajstić information content (AvgIpc) is 2.17. The van der Waals surface area contributed by atoms with Gasteiger partial charge in [0, 0.05) is 25.3 Å². The Labute approximate surface area is 85.9 Å². The first-order valence-electron chi connectivity index (χ1n) is 4.84. The number of pyridine rings is 1. The number of likely N-dealkylation sites (N-methyl/N-ethyl adjacent to an activating group) is 1. The van der Waals surface area contributed by atoms with Gasteiger partial charge in [0.1, 0.15) is 5.82 Å². The van der Waals surface area contributed by atoms with E-state index in [-0.39, 0.29) is 5.54 Å². The monoisotopic (exact) mass is 193 g/mol. The van der Waals surface area contributed by atoms with Crippen LogP contribution in [-0.4, -0.2) is 24.1 Å². The maximum Gasteiger partial charge on any atom is 0.131 e. The number of hydrogen-bond donors (Lipinski definition) is 1. The summed E-state index contributed by atoms with van der Waals surface area (Å²) in [7, 11) is 2.03. The van der Waals surface area contributed by atoms with Gasteiger partial charge in [-0.2, -0.15) is 0 Å². The van der Waals surface area contributed by atoms with Crippen LogP contribution in [0.3, 0.4) is 0 Å². The fourth-order valence-electron chi connectivity index (χ4n) is 1.25. The second kappa shape index (κ2) is 3.96. The van der Waals surface area contributed by atoms with Crippen molar-refractivity contribution in [3.63, 3.8) is 0 Å². The van der Waals surface area contributed by atoms with Gasteiger partial charge >= 0.3 is 0 Å². The lowest BCUT2D eigenvalue weighted by molar-refractivity contribution is 0.494. The van der Waals surface area contributed by atoms with Crippen molar-refractivity contribution in [2.75, 3.05) is 18.5 Å². The first-order chi connectivity index (χ1) is 6.49. The van der Waals surface area contributed by atoms with Gasteiger partial charge in [-0.05, 0) is 32.4 Å². The van der Waals surface area contributed by atoms with E-state index in [0.717, 1.165) is 5.82 Å². The van der Waals surface area contributed by atoms with Crippen molar-refractivity contribution in [3.05, 3.63) is 23.9 Å². The van der Waals surface area contributed by atoms with Crippen LogP contribution in [0.1, 0.15) is 19.4 Å². The molecule has 0 atom stereocenters. The Kier molecular flexibility index (Phi) is 3.11. The molecule has 0 aliphatic carbocycles. The van der Waals surface area contributed by atoms with E-state index in [4.69, 9.17) is 5.73 Å². The molecular weight excluding hydrogens is 174 g/mol. The molecule has 2 N–H and O–H groups in total. The molecule has 0 aliphatic heterocycles. The summed E-state index contributed by atoms with van der Waals surface area (Å²) in [5, 5.41) is 0. The van der Waals surface area contributed by atoms with Crippen molar-refractivity contribution >= 4 is 5.82 Å². The molecule has 0 saturated carbocycles. The molecule has 0 bridgehead atoms. The summed E-state index contributed by atoms with van der Waals surface area (Å²) in [6.07, 6.45) is 1.81. The van der Waals surface area contributed by atoms with Crippen molar-refractivity contribution in [2.24, 2.45) is 5.73 Å². The molecule has 1 aromatic rings. The van der Waals surface area contributed by atoms with Crippen molar-refractivity contribution in [1.82, 2.24) is 4.98 Å². The Morgan fingerprint density at radius 2 is 2.14 bits per heavy atom. The molecule has 0 unspecified atom stereocenters. The molecular formula is C11H19N3. The second-order valence-corrected chi connectivity index (χ2v) is 4.22. The summed E-state index contributed by atoms with van der Waals surface area (Å²) in [4.78, 5) is 6.49. The third-order valence-electron chi connectivity index (χ3n) is 2.71. The molecule has 0 radical (unpaired) electrons. The molecule has 0 spiro atoms. The molecule has 0 aliphatic rings. The van der Waals surface area contributed by atoms with Gasteiger partial charge in [0.25, 0.3) is 0 Å². The van der Waals surface area contributed by atoms with E-state index in [9.17, 15) is 0 Å². The molecule has 0 fully saturated rings. The van der Waals surface area contributed by atoms with Crippen molar-refractivity contribution in [3.8, 4) is 0 Å². The number of aryl methyl sites for hydroxylation is 1. The SMILES string of the molecule is Cc1cccnc1N(C)C(C)(C)CN. The summed E-state index contributed by atoms with van der Waals surface area (Å²) >= 11 is 0. The number of anilines is 1. The number of rotatable bonds is 3. The maximum absolute atomic E-state index is 5.73. The van der Waals surface area contributed by atoms with Crippen molar-refractivity contribution in [1.29, 1.82) is 0 Å². The van der Waals surface area contributed by atoms with E-state index in [1.165, 1.54) is 5.56 Å². The first kappa shape index (κ1) is 11.0. The van der Waals surface area contributed by atoms with Crippen LogP contribution in [0.25, 0.3) is 0 Å². The molecule has 3 nitrogen and oxygen atoms in total. The quantitative estimate of drug-likeness (QED) is 0.792. The standard InChI is InChI=1S/C11H19N3/c1-9-6-5-7-13-10(9)14(4)11(2,3)8-12/h5-7H,8,12H2,1-4H3. The summed E-state index contributed by atoms with van der Waals surface area (Å²) in [5.74, 6) is 1.00. The number of nitrogens with two attached hydrogens (primary N) is 1. The predicted molar refractivity (Wildman–Crippen MR) is 60.5 cm³/mol. The fourth-order valence-corrected chi connectivity index (χ4v) is 1.25. The van der Waals surface area contributed by atoms with Gasteiger partial charge in [-0.15, -0.1) is 0 Å². The van der Waals surface area contributed by atoms with Crippen LogP contribution < -0.4 is 10.6 Å². The zero-order valence-corrected chi connectivity index (χ0v) is 9.41. The average molecular weight is 193 g/mol. The first-order valence-corrected chi connectivity index (χ1v) is 4.84. The van der Waals surface area contributed by atoms with Crippen LogP contribution in [-0.2, 0) is 0 Å². The molecule has 0 saturated heterocycles. The molecule has 0 amide bonds. The molecule has 1 heterocycles. The van der Waals surface area contributed by atoms with E-state index >= 15 is 0 Å². The lowest BCUT2D eigenvalue weighted by Crippen LogP contribution is -2.47. The predicted octanol–water partition coefficient (Wildman–Crippen LogP) is 1.56. The summed E-state index contributed by atoms with van der Waals surface area (Å²) in [5.41, 5.74) is 6.85. The lowest BCUT2D eigenvalue weighted by Gasteiger charge is -2.36. The Morgan fingerprint density at radius 3 is 2.64 bits per heavy atom. The van der Waals surface area contributed by atoms with E-state index in [2.05, 4.69) is 36.7 Å². The van der Waals surface area contributed by atoms with Crippen molar-refractivity contribution in [2.45, 2.75) is 26.3 Å². The van der Waals surface area contributed by atoms with E-state index in [0.29, 0.717) is 6.54 Å². The van der Waals surface area contributed by atoms with Gasteiger partial charge in [0.15, 0.2) is 0 Å². The lowest BCUT2D eigenvalue weighted by atomic mass is 10.0. The minimum atomic E-state index is -0.0564. The van der Waals surface area contributed by atoms with Crippen LogP contribution in [0.15, 0.2) is 18.3 Å². The van der Waals surface area contributed by atoms with Crippen LogP contribution in [0, 0.1) is 6.92 Å². The maximum atomic E-state index is 5.73. The smallest absolute Gasteiger partial charge is 0.131 e. The van der Waals surface area contributed by atoms with E-state index in [1.54, 1.807) is 0 Å². The van der Waals surface area contributed by atoms with Crippen LogP contribution in [0.4, 0.5) is 5.82 Å². The zero-order valence-electron chi connectivity index (χ0n) is 9.41. The zero-order chi connectivity index (χ0) is 10.8. The van der Waals surface area contributed by atoms with Gasteiger partial charge in [-0.1, -0.05) is 6.07 Å². The molecule has 1 aromatic heterocycles. The largest absolute Gasteiger partial charge is 0.353 e. The third kappa shape index (κ3) is 2.04. The summed E-state index contributed by atoms with van der Waals surface area (Å²) in [6.45, 7) is 6.90. The Balaban J connectivity index is 3.00. The Hall–Kier alpha value is -1.09. The molecule has 1 rings (SSSR count). The number of aromatic nitrogens is 1. The summed E-state index contributed by atoms with van der Waals surface area (Å²) in [6, 6.07) is 4.01. The Morgan fingerprint density at radius 1 is 1.50 bits per heavy atom. The van der Waals surface area contributed by atoms with E-state index in [1.807, 2.05) is 19.3 Å². The highest BCUT2D eigenvalue weighted by Gasteiger charge is 2.23. The van der Waals surface area contributed by atoms with Crippen LogP contribution in [0.5, 0.6) is 0 Å². The van der Waals surface area contributed by atoms with Crippen molar-refractivity contribution < 1.29 is 0 Å². The highest BCUT2D eigenvalue weighted by molar-refractivity contribution is 5.47. The van der Waals surface area contributed by atoms with Gasteiger partial charge in [0.05, 0.1) is 0 Å². The summed E-state index contributed by atoms with van der Waals surface area (Å²) < 4.78 is 0. The van der Waals surface area contributed by atoms with Crippen LogP contribution >= 0.6 is 0 Å². The van der Waals surface area contributed by atoms with E-state index < -0.39 is 0 Å². The minimum Gasteiger partial charge on any atom is -0.353 e. The van der Waals surface area contributed by atoms with Gasteiger partial charge in [0.2, 0.25) is 0 Å².